The fourth-order valence-corrected chi connectivity index (χ4v) is 2.64. The van der Waals surface area contributed by atoms with Gasteiger partial charge < -0.3 is 0 Å². The zero-order chi connectivity index (χ0) is 7.68. The van der Waals surface area contributed by atoms with Crippen molar-refractivity contribution in [3.05, 3.63) is 28.3 Å². The molecule has 0 atom stereocenters. The molecule has 11 heavy (non-hydrogen) atoms. The monoisotopic (exact) mass is 165 g/mol. The number of hydrogen-bond acceptors (Lipinski definition) is 1. The molecule has 59 valence electrons. The van der Waals surface area contributed by atoms with E-state index in [9.17, 15) is 0 Å². The Bertz CT molecular complexity index is 211. The van der Waals surface area contributed by atoms with Crippen LogP contribution < -0.4 is 0 Å². The van der Waals surface area contributed by atoms with E-state index in [1.807, 2.05) is 11.3 Å². The molecule has 1 aromatic rings. The van der Waals surface area contributed by atoms with Crippen LogP contribution >= 0.6 is 11.3 Å². The Kier molecular flexibility index (Phi) is 1.99. The van der Waals surface area contributed by atoms with Crippen molar-refractivity contribution in [3.8, 4) is 0 Å². The fourth-order valence-electron chi connectivity index (χ4n) is 1.55. The Hall–Kier alpha value is -0.300. The van der Waals surface area contributed by atoms with Gasteiger partial charge >= 0.3 is 0 Å². The minimum atomic E-state index is 0.812. The number of unbranched alkanes of at least 4 members (excludes halogenated alkanes) is 2. The van der Waals surface area contributed by atoms with Crippen LogP contribution in [0.4, 0.5) is 0 Å². The largest absolute Gasteiger partial charge is 0.144 e. The molecule has 1 aromatic heterocycles. The van der Waals surface area contributed by atoms with Gasteiger partial charge in [0, 0.05) is 15.7 Å². The molecule has 1 aliphatic carbocycles. The highest BCUT2D eigenvalue weighted by molar-refractivity contribution is 7.14. The molecule has 2 heterocycles. The summed E-state index contributed by atoms with van der Waals surface area (Å²) in [6.45, 7) is 2.24. The van der Waals surface area contributed by atoms with Crippen LogP contribution in [0.1, 0.15) is 41.9 Å². The third-order valence-electron chi connectivity index (χ3n) is 2.23. The van der Waals surface area contributed by atoms with Crippen LogP contribution in [0.15, 0.2) is 12.1 Å². The van der Waals surface area contributed by atoms with Crippen LogP contribution in [0.3, 0.4) is 0 Å². The lowest BCUT2D eigenvalue weighted by Crippen LogP contribution is -2.00. The second-order valence-electron chi connectivity index (χ2n) is 3.11. The summed E-state index contributed by atoms with van der Waals surface area (Å²) in [7, 11) is 0. The maximum Gasteiger partial charge on any atom is 0.0280 e. The molecule has 0 N–H and O–H groups in total. The Balaban J connectivity index is 1.77. The van der Waals surface area contributed by atoms with E-state index in [1.165, 1.54) is 19.3 Å². The van der Waals surface area contributed by atoms with Gasteiger partial charge in [-0.25, -0.2) is 0 Å². The van der Waals surface area contributed by atoms with E-state index in [-0.39, 0.29) is 0 Å². The lowest BCUT2D eigenvalue weighted by molar-refractivity contribution is 0.754. The van der Waals surface area contributed by atoms with Gasteiger partial charge in [-0.15, -0.1) is 11.3 Å². The second kappa shape index (κ2) is 2.98. The van der Waals surface area contributed by atoms with E-state index in [0.717, 1.165) is 5.92 Å². The molecular weight excluding hydrogens is 152 g/mol. The molecule has 0 amide bonds. The molecule has 2 aliphatic rings. The normalized spacial score (nSPS) is 15.0. The van der Waals surface area contributed by atoms with E-state index in [2.05, 4.69) is 25.5 Å². The summed E-state index contributed by atoms with van der Waals surface area (Å²) >= 11 is 1.96. The Morgan fingerprint density at radius 1 is 1.45 bits per heavy atom. The van der Waals surface area contributed by atoms with E-state index >= 15 is 0 Å². The van der Waals surface area contributed by atoms with Gasteiger partial charge in [0.25, 0.3) is 0 Å². The van der Waals surface area contributed by atoms with Gasteiger partial charge in [0.05, 0.1) is 0 Å². The first-order valence-corrected chi connectivity index (χ1v) is 5.14. The van der Waals surface area contributed by atoms with Gasteiger partial charge in [0.15, 0.2) is 0 Å². The molecule has 3 rings (SSSR count). The number of rotatable bonds is 4. The van der Waals surface area contributed by atoms with Gasteiger partial charge in [-0.3, -0.25) is 0 Å². The topological polar surface area (TPSA) is 0 Å². The SMILES string of the molecule is CCC[CH]CC1c2ccc1s2. The predicted octanol–water partition coefficient (Wildman–Crippen LogP) is 3.59. The molecule has 1 aliphatic heterocycles. The first-order valence-electron chi connectivity index (χ1n) is 4.33. The third-order valence-corrected chi connectivity index (χ3v) is 3.54. The summed E-state index contributed by atoms with van der Waals surface area (Å²) in [6.07, 6.45) is 6.27. The van der Waals surface area contributed by atoms with Crippen molar-refractivity contribution in [3.63, 3.8) is 0 Å². The van der Waals surface area contributed by atoms with Crippen molar-refractivity contribution in [2.75, 3.05) is 0 Å². The first kappa shape index (κ1) is 7.35. The Morgan fingerprint density at radius 2 is 2.18 bits per heavy atom. The van der Waals surface area contributed by atoms with Crippen LogP contribution in [0, 0.1) is 6.42 Å². The number of fused-ring (bicyclic) bond motifs is 1. The zero-order valence-corrected chi connectivity index (χ0v) is 7.66. The minimum Gasteiger partial charge on any atom is -0.144 e. The highest BCUT2D eigenvalue weighted by Gasteiger charge is 2.25. The Morgan fingerprint density at radius 3 is 2.73 bits per heavy atom. The van der Waals surface area contributed by atoms with Gasteiger partial charge in [0.1, 0.15) is 0 Å². The molecule has 0 nitrogen and oxygen atoms in total. The van der Waals surface area contributed by atoms with Gasteiger partial charge in [-0.1, -0.05) is 19.8 Å². The van der Waals surface area contributed by atoms with Crippen LogP contribution in [0.25, 0.3) is 0 Å². The molecule has 0 saturated carbocycles. The molecule has 0 spiro atoms. The lowest BCUT2D eigenvalue weighted by Gasteiger charge is -2.18. The summed E-state index contributed by atoms with van der Waals surface area (Å²) in [5, 5.41) is 0. The average molecular weight is 165 g/mol. The molecule has 1 heteroatoms. The van der Waals surface area contributed by atoms with Crippen molar-refractivity contribution in [2.45, 2.75) is 32.1 Å². The maximum absolute atomic E-state index is 2.43. The first-order chi connectivity index (χ1) is 5.42. The van der Waals surface area contributed by atoms with E-state index in [1.54, 1.807) is 9.75 Å². The van der Waals surface area contributed by atoms with Crippen molar-refractivity contribution in [2.24, 2.45) is 0 Å². The standard InChI is InChI=1S/C10H13S/c1-2-3-4-5-8-9-6-7-10(8)11-9/h4,6-8H,2-3,5H2,1H3. The molecule has 0 fully saturated rings. The van der Waals surface area contributed by atoms with Crippen LogP contribution in [0.2, 0.25) is 0 Å². The second-order valence-corrected chi connectivity index (χ2v) is 4.25. The van der Waals surface area contributed by atoms with Gasteiger partial charge in [-0.05, 0) is 25.0 Å². The highest BCUT2D eigenvalue weighted by atomic mass is 32.1. The van der Waals surface area contributed by atoms with Crippen LogP contribution in [-0.4, -0.2) is 0 Å². The lowest BCUT2D eigenvalue weighted by atomic mass is 10.0. The smallest absolute Gasteiger partial charge is 0.0280 e. The highest BCUT2D eigenvalue weighted by Crippen LogP contribution is 2.46. The third kappa shape index (κ3) is 1.22. The fraction of sp³-hybridized carbons (Fsp3) is 0.500. The molecule has 2 bridgehead atoms. The van der Waals surface area contributed by atoms with Gasteiger partial charge in [-0.2, -0.15) is 0 Å². The maximum atomic E-state index is 2.43. The van der Waals surface area contributed by atoms with E-state index in [0.29, 0.717) is 0 Å². The van der Waals surface area contributed by atoms with Crippen LogP contribution in [-0.2, 0) is 0 Å². The number of hydrogen-bond donors (Lipinski definition) is 0. The summed E-state index contributed by atoms with van der Waals surface area (Å²) in [6, 6.07) is 4.54. The van der Waals surface area contributed by atoms with E-state index in [4.69, 9.17) is 0 Å². The summed E-state index contributed by atoms with van der Waals surface area (Å²) in [5.41, 5.74) is 0. The molecule has 0 unspecified atom stereocenters. The van der Waals surface area contributed by atoms with Crippen molar-refractivity contribution in [1.29, 1.82) is 0 Å². The van der Waals surface area contributed by atoms with Gasteiger partial charge in [0.2, 0.25) is 0 Å². The van der Waals surface area contributed by atoms with Crippen molar-refractivity contribution >= 4 is 11.3 Å². The Labute approximate surface area is 72.3 Å². The number of thiophene rings is 1. The predicted molar refractivity (Wildman–Crippen MR) is 50.0 cm³/mol. The molecular formula is C10H13S. The zero-order valence-electron chi connectivity index (χ0n) is 6.84. The van der Waals surface area contributed by atoms with E-state index < -0.39 is 0 Å². The summed E-state index contributed by atoms with van der Waals surface area (Å²) in [5.74, 6) is 0.812. The quantitative estimate of drug-likeness (QED) is 0.598. The van der Waals surface area contributed by atoms with Crippen LogP contribution in [0.5, 0.6) is 0 Å². The average Bonchev–Trinajstić information content (AvgIpc) is 2.57. The summed E-state index contributed by atoms with van der Waals surface area (Å²) < 4.78 is 0. The van der Waals surface area contributed by atoms with Crippen molar-refractivity contribution < 1.29 is 0 Å². The molecule has 0 saturated heterocycles. The summed E-state index contributed by atoms with van der Waals surface area (Å²) in [4.78, 5) is 3.18. The van der Waals surface area contributed by atoms with Crippen molar-refractivity contribution in [1.82, 2.24) is 0 Å². The minimum absolute atomic E-state index is 0.812. The molecule has 0 aromatic carbocycles. The molecule has 1 radical (unpaired) electrons.